The highest BCUT2D eigenvalue weighted by Crippen LogP contribution is 2.61. The van der Waals surface area contributed by atoms with Crippen molar-refractivity contribution in [2.45, 2.75) is 32.6 Å². The van der Waals surface area contributed by atoms with Crippen LogP contribution in [0.5, 0.6) is 0 Å². The molecule has 35 heavy (non-hydrogen) atoms. The summed E-state index contributed by atoms with van der Waals surface area (Å²) in [6.45, 7) is 3.91. The van der Waals surface area contributed by atoms with E-state index in [2.05, 4.69) is 17.4 Å². The number of para-hydroxylation sites is 1. The van der Waals surface area contributed by atoms with Crippen molar-refractivity contribution in [3.8, 4) is 0 Å². The molecule has 0 aromatic heterocycles. The third-order valence-corrected chi connectivity index (χ3v) is 8.33. The number of benzene rings is 3. The zero-order valence-corrected chi connectivity index (χ0v) is 19.9. The van der Waals surface area contributed by atoms with Gasteiger partial charge in [-0.15, -0.1) is 0 Å². The first-order valence-corrected chi connectivity index (χ1v) is 12.3. The summed E-state index contributed by atoms with van der Waals surface area (Å²) in [6, 6.07) is 23.1. The van der Waals surface area contributed by atoms with E-state index in [4.69, 9.17) is 0 Å². The van der Waals surface area contributed by atoms with Crippen LogP contribution in [-0.4, -0.2) is 17.7 Å². The molecule has 0 unspecified atom stereocenters. The van der Waals surface area contributed by atoms with Crippen LogP contribution in [0.3, 0.4) is 0 Å². The van der Waals surface area contributed by atoms with Crippen molar-refractivity contribution in [1.82, 2.24) is 0 Å². The molecule has 5 heteroatoms. The Labute approximate surface area is 205 Å². The minimum absolute atomic E-state index is 0.105. The number of rotatable bonds is 4. The molecule has 3 aromatic carbocycles. The van der Waals surface area contributed by atoms with E-state index in [1.54, 1.807) is 24.3 Å². The number of aryl methyl sites for hydroxylation is 2. The fraction of sp³-hybridized carbons (Fsp3) is 0.300. The Bertz CT molecular complexity index is 1330. The Balaban J connectivity index is 1.27. The quantitative estimate of drug-likeness (QED) is 0.520. The molecule has 3 aliphatic rings. The predicted molar refractivity (Wildman–Crippen MR) is 135 cm³/mol. The molecule has 176 valence electrons. The number of nitrogens with zero attached hydrogens (tertiary/aromatic N) is 1. The maximum atomic E-state index is 13.6. The van der Waals surface area contributed by atoms with Crippen molar-refractivity contribution in [2.75, 3.05) is 10.2 Å². The lowest BCUT2D eigenvalue weighted by Gasteiger charge is -2.28. The summed E-state index contributed by atoms with van der Waals surface area (Å²) in [5.74, 6) is -0.206. The highest BCUT2D eigenvalue weighted by atomic mass is 16.2. The molecule has 0 radical (unpaired) electrons. The third kappa shape index (κ3) is 3.41. The van der Waals surface area contributed by atoms with Crippen LogP contribution < -0.4 is 10.2 Å². The molecule has 5 atom stereocenters. The highest BCUT2D eigenvalue weighted by molar-refractivity contribution is 6.23. The molecule has 0 spiro atoms. The number of carbonyl (C=O) groups excluding carboxylic acids is 3. The van der Waals surface area contributed by atoms with E-state index >= 15 is 0 Å². The second kappa shape index (κ2) is 8.19. The standard InChI is InChI=1S/C30H28N2O3/c1-17-8-6-9-18(2)27(17)31-28(33)20-12-7-13-22(14-20)32-29(34)25-21-15-23(19-10-4-3-5-11-19)24(16-21)26(25)30(32)35/h3-14,21,23-26H,15-16H2,1-2H3,(H,31,33)/t21-,23-,24+,25+,26+/m1/s1. The van der Waals surface area contributed by atoms with E-state index in [-0.39, 0.29) is 41.4 Å². The molecule has 1 N–H and O–H groups in total. The Morgan fingerprint density at radius 3 is 2.26 bits per heavy atom. The normalized spacial score (nSPS) is 26.8. The van der Waals surface area contributed by atoms with Gasteiger partial charge >= 0.3 is 0 Å². The van der Waals surface area contributed by atoms with Gasteiger partial charge in [-0.05, 0) is 79.3 Å². The van der Waals surface area contributed by atoms with Crippen LogP contribution >= 0.6 is 0 Å². The van der Waals surface area contributed by atoms with Crippen molar-refractivity contribution < 1.29 is 14.4 Å². The Morgan fingerprint density at radius 1 is 0.829 bits per heavy atom. The molecule has 1 heterocycles. The fourth-order valence-corrected chi connectivity index (χ4v) is 6.78. The highest BCUT2D eigenvalue weighted by Gasteiger charge is 2.64. The van der Waals surface area contributed by atoms with E-state index in [9.17, 15) is 14.4 Å². The molecule has 1 saturated heterocycles. The van der Waals surface area contributed by atoms with E-state index in [0.717, 1.165) is 29.7 Å². The fourth-order valence-electron chi connectivity index (χ4n) is 6.78. The van der Waals surface area contributed by atoms with E-state index in [0.29, 0.717) is 17.2 Å². The third-order valence-electron chi connectivity index (χ3n) is 8.33. The lowest BCUT2D eigenvalue weighted by Crippen LogP contribution is -2.33. The molecule has 3 amide bonds. The van der Waals surface area contributed by atoms with Crippen molar-refractivity contribution in [3.05, 3.63) is 95.1 Å². The number of imide groups is 1. The van der Waals surface area contributed by atoms with Crippen LogP contribution in [-0.2, 0) is 9.59 Å². The number of nitrogens with one attached hydrogen (secondary N) is 1. The minimum Gasteiger partial charge on any atom is -0.322 e. The average molecular weight is 465 g/mol. The van der Waals surface area contributed by atoms with Crippen LogP contribution in [0.1, 0.15) is 45.8 Å². The molecule has 6 rings (SSSR count). The van der Waals surface area contributed by atoms with Crippen molar-refractivity contribution in [2.24, 2.45) is 23.7 Å². The number of hydrogen-bond donors (Lipinski definition) is 1. The average Bonchev–Trinajstić information content (AvgIpc) is 3.53. The smallest absolute Gasteiger partial charge is 0.255 e. The topological polar surface area (TPSA) is 66.5 Å². The van der Waals surface area contributed by atoms with Crippen molar-refractivity contribution >= 4 is 29.1 Å². The lowest BCUT2D eigenvalue weighted by molar-refractivity contribution is -0.123. The zero-order chi connectivity index (χ0) is 24.3. The van der Waals surface area contributed by atoms with Gasteiger partial charge < -0.3 is 5.32 Å². The first-order chi connectivity index (χ1) is 16.9. The second-order valence-electron chi connectivity index (χ2n) is 10.2. The summed E-state index contributed by atoms with van der Waals surface area (Å²) < 4.78 is 0. The summed E-state index contributed by atoms with van der Waals surface area (Å²) in [4.78, 5) is 41.5. The van der Waals surface area contributed by atoms with Crippen LogP contribution in [0.15, 0.2) is 72.8 Å². The molecule has 3 aromatic rings. The first kappa shape index (κ1) is 21.8. The summed E-state index contributed by atoms with van der Waals surface area (Å²) in [6.07, 6.45) is 1.90. The number of anilines is 2. The van der Waals surface area contributed by atoms with Crippen LogP contribution in [0, 0.1) is 37.5 Å². The SMILES string of the molecule is Cc1cccc(C)c1NC(=O)c1cccc(N2C(=O)[C@H]3[C@H]4C[C@H]([C@@H]3C2=O)[C@@H](c2ccccc2)C4)c1. The second-order valence-corrected chi connectivity index (χ2v) is 10.2. The van der Waals surface area contributed by atoms with Gasteiger partial charge in [0, 0.05) is 11.3 Å². The first-order valence-electron chi connectivity index (χ1n) is 12.3. The Hall–Kier alpha value is -3.73. The van der Waals surface area contributed by atoms with Crippen LogP contribution in [0.2, 0.25) is 0 Å². The van der Waals surface area contributed by atoms with Gasteiger partial charge in [0.2, 0.25) is 11.8 Å². The van der Waals surface area contributed by atoms with Gasteiger partial charge in [0.25, 0.3) is 5.91 Å². The van der Waals surface area contributed by atoms with Gasteiger partial charge in [-0.2, -0.15) is 0 Å². The van der Waals surface area contributed by atoms with Gasteiger partial charge in [0.1, 0.15) is 0 Å². The van der Waals surface area contributed by atoms with E-state index in [1.165, 1.54) is 10.5 Å². The van der Waals surface area contributed by atoms with E-state index in [1.807, 2.05) is 50.2 Å². The largest absolute Gasteiger partial charge is 0.322 e. The molecule has 2 aliphatic carbocycles. The van der Waals surface area contributed by atoms with Gasteiger partial charge in [-0.25, -0.2) is 0 Å². The van der Waals surface area contributed by atoms with Crippen LogP contribution in [0.25, 0.3) is 0 Å². The van der Waals surface area contributed by atoms with E-state index < -0.39 is 0 Å². The van der Waals surface area contributed by atoms with Gasteiger partial charge in [-0.3, -0.25) is 19.3 Å². The zero-order valence-electron chi connectivity index (χ0n) is 19.9. The van der Waals surface area contributed by atoms with Crippen LogP contribution in [0.4, 0.5) is 11.4 Å². The maximum Gasteiger partial charge on any atom is 0.255 e. The summed E-state index contributed by atoms with van der Waals surface area (Å²) in [5.41, 5.74) is 4.93. The van der Waals surface area contributed by atoms with Gasteiger partial charge in [0.05, 0.1) is 17.5 Å². The monoisotopic (exact) mass is 464 g/mol. The minimum atomic E-state index is -0.265. The van der Waals surface area contributed by atoms with Crippen molar-refractivity contribution in [1.29, 1.82) is 0 Å². The number of amides is 3. The maximum absolute atomic E-state index is 13.6. The summed E-state index contributed by atoms with van der Waals surface area (Å²) in [5, 5.41) is 3.00. The Kier molecular flexibility index (Phi) is 5.10. The van der Waals surface area contributed by atoms with Gasteiger partial charge in [0.15, 0.2) is 0 Å². The molecular weight excluding hydrogens is 436 g/mol. The predicted octanol–water partition coefficient (Wildman–Crippen LogP) is 5.48. The number of carbonyl (C=O) groups is 3. The molecule has 2 bridgehead atoms. The molecule has 3 fully saturated rings. The van der Waals surface area contributed by atoms with Gasteiger partial charge in [-0.1, -0.05) is 54.6 Å². The van der Waals surface area contributed by atoms with Crippen molar-refractivity contribution in [3.63, 3.8) is 0 Å². The number of fused-ring (bicyclic) bond motifs is 5. The molecule has 5 nitrogen and oxygen atoms in total. The number of hydrogen-bond acceptors (Lipinski definition) is 3. The molecular formula is C30H28N2O3. The molecule has 2 saturated carbocycles. The lowest BCUT2D eigenvalue weighted by atomic mass is 9.73. The Morgan fingerprint density at radius 2 is 1.51 bits per heavy atom. The summed E-state index contributed by atoms with van der Waals surface area (Å²) in [7, 11) is 0. The summed E-state index contributed by atoms with van der Waals surface area (Å²) >= 11 is 0. The molecule has 1 aliphatic heterocycles.